The summed E-state index contributed by atoms with van der Waals surface area (Å²) in [6, 6.07) is 7.68. The van der Waals surface area contributed by atoms with Crippen LogP contribution in [0.15, 0.2) is 24.3 Å². The lowest BCUT2D eigenvalue weighted by Gasteiger charge is -2.35. The molecule has 2 heterocycles. The molecule has 1 aromatic carbocycles. The van der Waals surface area contributed by atoms with Crippen molar-refractivity contribution in [1.29, 1.82) is 0 Å². The number of piperidine rings is 1. The third-order valence-electron chi connectivity index (χ3n) is 4.76. The van der Waals surface area contributed by atoms with Crippen LogP contribution >= 0.6 is 0 Å². The summed E-state index contributed by atoms with van der Waals surface area (Å²) in [7, 11) is -3.43. The van der Waals surface area contributed by atoms with Crippen LogP contribution in [0, 0.1) is 5.92 Å². The van der Waals surface area contributed by atoms with Crippen molar-refractivity contribution in [3.63, 3.8) is 0 Å². The third-order valence-corrected chi connectivity index (χ3v) is 6.98. The number of carbonyl (C=O) groups excluding carboxylic acids is 1. The molecule has 0 radical (unpaired) electrons. The van der Waals surface area contributed by atoms with E-state index in [0.29, 0.717) is 26.1 Å². The highest BCUT2D eigenvalue weighted by atomic mass is 32.2. The summed E-state index contributed by atoms with van der Waals surface area (Å²) in [6.07, 6.45) is 2.14. The highest BCUT2D eigenvalue weighted by molar-refractivity contribution is 7.93. The number of para-hydroxylation sites is 1. The van der Waals surface area contributed by atoms with Gasteiger partial charge in [-0.15, -0.1) is 0 Å². The number of carbonyl (C=O) groups is 1. The van der Waals surface area contributed by atoms with Gasteiger partial charge in [0, 0.05) is 25.6 Å². The average Bonchev–Trinajstić information content (AvgIpc) is 2.99. The lowest BCUT2D eigenvalue weighted by atomic mass is 10.1. The lowest BCUT2D eigenvalue weighted by molar-refractivity contribution is -0.135. The number of anilines is 1. The van der Waals surface area contributed by atoms with Crippen LogP contribution in [0.25, 0.3) is 0 Å². The van der Waals surface area contributed by atoms with E-state index in [1.807, 2.05) is 38.1 Å². The molecule has 0 saturated carbocycles. The first-order valence-electron chi connectivity index (χ1n) is 8.29. The summed E-state index contributed by atoms with van der Waals surface area (Å²) in [5.41, 5.74) is 1.89. The topological polar surface area (TPSA) is 57.7 Å². The third kappa shape index (κ3) is 2.96. The van der Waals surface area contributed by atoms with Gasteiger partial charge in [-0.3, -0.25) is 9.10 Å². The van der Waals surface area contributed by atoms with Crippen molar-refractivity contribution in [2.24, 2.45) is 5.92 Å². The first-order chi connectivity index (χ1) is 10.9. The van der Waals surface area contributed by atoms with E-state index in [-0.39, 0.29) is 11.8 Å². The molecule has 0 N–H and O–H groups in total. The van der Waals surface area contributed by atoms with Crippen molar-refractivity contribution in [3.8, 4) is 0 Å². The maximum absolute atomic E-state index is 13.1. The number of likely N-dealkylation sites (tertiary alicyclic amines) is 1. The Morgan fingerprint density at radius 2 is 1.96 bits per heavy atom. The van der Waals surface area contributed by atoms with Crippen molar-refractivity contribution in [3.05, 3.63) is 29.8 Å². The van der Waals surface area contributed by atoms with Crippen LogP contribution in [-0.2, 0) is 21.2 Å². The number of fused-ring (bicyclic) bond motifs is 1. The fourth-order valence-corrected chi connectivity index (χ4v) is 5.49. The van der Waals surface area contributed by atoms with Gasteiger partial charge in [-0.05, 0) is 30.9 Å². The molecule has 126 valence electrons. The van der Waals surface area contributed by atoms with Gasteiger partial charge in [-0.1, -0.05) is 32.0 Å². The molecular weight excluding hydrogens is 312 g/mol. The molecule has 23 heavy (non-hydrogen) atoms. The minimum absolute atomic E-state index is 0.0479. The van der Waals surface area contributed by atoms with Gasteiger partial charge in [-0.25, -0.2) is 8.42 Å². The van der Waals surface area contributed by atoms with Gasteiger partial charge in [0.2, 0.25) is 15.9 Å². The highest BCUT2D eigenvalue weighted by Crippen LogP contribution is 2.33. The molecule has 0 bridgehead atoms. The molecule has 2 aliphatic rings. The van der Waals surface area contributed by atoms with E-state index in [1.165, 1.54) is 0 Å². The molecule has 6 heteroatoms. The molecule has 0 aromatic heterocycles. The largest absolute Gasteiger partial charge is 0.341 e. The number of sulfonamides is 1. The van der Waals surface area contributed by atoms with Gasteiger partial charge < -0.3 is 4.90 Å². The van der Waals surface area contributed by atoms with Crippen molar-refractivity contribution in [1.82, 2.24) is 4.90 Å². The second-order valence-corrected chi connectivity index (χ2v) is 8.84. The zero-order chi connectivity index (χ0) is 16.6. The van der Waals surface area contributed by atoms with Crippen molar-refractivity contribution in [2.75, 3.05) is 23.9 Å². The van der Waals surface area contributed by atoms with E-state index in [4.69, 9.17) is 0 Å². The maximum atomic E-state index is 13.1. The predicted octanol–water partition coefficient (Wildman–Crippen LogP) is 2.03. The SMILES string of the molecule is CC(C)C(=O)N1CCC[C@H](S(=O)(=O)N2CCc3ccccc32)C1. The van der Waals surface area contributed by atoms with Crippen molar-refractivity contribution in [2.45, 2.75) is 38.4 Å². The van der Waals surface area contributed by atoms with Crippen molar-refractivity contribution < 1.29 is 13.2 Å². The lowest BCUT2D eigenvalue weighted by Crippen LogP contribution is -2.50. The fraction of sp³-hybridized carbons (Fsp3) is 0.588. The summed E-state index contributed by atoms with van der Waals surface area (Å²) in [6.45, 7) is 5.21. The van der Waals surface area contributed by atoms with Gasteiger partial charge in [0.1, 0.15) is 0 Å². The number of nitrogens with zero attached hydrogens (tertiary/aromatic N) is 2. The molecule has 2 aliphatic heterocycles. The van der Waals surface area contributed by atoms with Crippen LogP contribution in [0.3, 0.4) is 0 Å². The van der Waals surface area contributed by atoms with E-state index < -0.39 is 15.3 Å². The van der Waals surface area contributed by atoms with Gasteiger partial charge >= 0.3 is 0 Å². The van der Waals surface area contributed by atoms with E-state index in [1.54, 1.807) is 9.21 Å². The summed E-state index contributed by atoms with van der Waals surface area (Å²) in [5, 5.41) is -0.495. The Balaban J connectivity index is 1.82. The highest BCUT2D eigenvalue weighted by Gasteiger charge is 2.39. The number of amides is 1. The number of hydrogen-bond donors (Lipinski definition) is 0. The summed E-state index contributed by atoms with van der Waals surface area (Å²) in [5.74, 6) is -0.0457. The Kier molecular flexibility index (Phi) is 4.36. The second-order valence-electron chi connectivity index (χ2n) is 6.70. The molecular formula is C17H24N2O3S. The van der Waals surface area contributed by atoms with Crippen LogP contribution in [0.5, 0.6) is 0 Å². The van der Waals surface area contributed by atoms with Crippen LogP contribution in [-0.4, -0.2) is 44.1 Å². The molecule has 1 saturated heterocycles. The summed E-state index contributed by atoms with van der Waals surface area (Å²) >= 11 is 0. The Morgan fingerprint density at radius 1 is 1.22 bits per heavy atom. The van der Waals surface area contributed by atoms with Crippen LogP contribution < -0.4 is 4.31 Å². The van der Waals surface area contributed by atoms with Gasteiger partial charge in [0.25, 0.3) is 0 Å². The van der Waals surface area contributed by atoms with Crippen LogP contribution in [0.4, 0.5) is 5.69 Å². The monoisotopic (exact) mass is 336 g/mol. The number of rotatable bonds is 3. The normalized spacial score (nSPS) is 21.6. The first kappa shape index (κ1) is 16.3. The molecule has 0 aliphatic carbocycles. The maximum Gasteiger partial charge on any atom is 0.239 e. The van der Waals surface area contributed by atoms with Gasteiger partial charge in [0.15, 0.2) is 0 Å². The van der Waals surface area contributed by atoms with E-state index >= 15 is 0 Å². The molecule has 3 rings (SSSR count). The standard InChI is InChI=1S/C17H24N2O3S/c1-13(2)17(20)18-10-5-7-15(12-18)23(21,22)19-11-9-14-6-3-4-8-16(14)19/h3-4,6,8,13,15H,5,7,9-12H2,1-2H3/t15-/m0/s1. The number of hydrogen-bond acceptors (Lipinski definition) is 3. The van der Waals surface area contributed by atoms with E-state index in [0.717, 1.165) is 24.1 Å². The molecule has 1 atom stereocenters. The Morgan fingerprint density at radius 3 is 2.70 bits per heavy atom. The fourth-order valence-electron chi connectivity index (χ4n) is 3.50. The molecule has 1 amide bonds. The minimum Gasteiger partial charge on any atom is -0.341 e. The Hall–Kier alpha value is -1.56. The van der Waals surface area contributed by atoms with Gasteiger partial charge in [-0.2, -0.15) is 0 Å². The number of benzene rings is 1. The van der Waals surface area contributed by atoms with Gasteiger partial charge in [0.05, 0.1) is 10.9 Å². The average molecular weight is 336 g/mol. The van der Waals surface area contributed by atoms with Crippen molar-refractivity contribution >= 4 is 21.6 Å². The predicted molar refractivity (Wildman–Crippen MR) is 90.9 cm³/mol. The zero-order valence-corrected chi connectivity index (χ0v) is 14.6. The molecule has 1 aromatic rings. The first-order valence-corrected chi connectivity index (χ1v) is 9.80. The molecule has 1 fully saturated rings. The second kappa shape index (κ2) is 6.15. The molecule has 0 unspecified atom stereocenters. The molecule has 0 spiro atoms. The Bertz CT molecular complexity index is 700. The zero-order valence-electron chi connectivity index (χ0n) is 13.7. The Labute approximate surface area is 138 Å². The summed E-state index contributed by atoms with van der Waals surface area (Å²) in [4.78, 5) is 13.9. The van der Waals surface area contributed by atoms with Crippen LogP contribution in [0.1, 0.15) is 32.3 Å². The van der Waals surface area contributed by atoms with E-state index in [2.05, 4.69) is 0 Å². The minimum atomic E-state index is -3.43. The van der Waals surface area contributed by atoms with Crippen LogP contribution in [0.2, 0.25) is 0 Å². The quantitative estimate of drug-likeness (QED) is 0.848. The summed E-state index contributed by atoms with van der Waals surface area (Å²) < 4.78 is 27.7. The smallest absolute Gasteiger partial charge is 0.239 e. The van der Waals surface area contributed by atoms with E-state index in [9.17, 15) is 13.2 Å². The molecule has 5 nitrogen and oxygen atoms in total.